The second kappa shape index (κ2) is 15.5. The van der Waals surface area contributed by atoms with Gasteiger partial charge in [0.2, 0.25) is 0 Å². The van der Waals surface area contributed by atoms with E-state index >= 15 is 0 Å². The molecule has 0 fully saturated rings. The van der Waals surface area contributed by atoms with Crippen LogP contribution in [0, 0.1) is 0 Å². The Kier molecular flexibility index (Phi) is 16.2. The van der Waals surface area contributed by atoms with Crippen LogP contribution in [0.5, 0.6) is 0 Å². The third-order valence-corrected chi connectivity index (χ3v) is 13.5. The molecule has 134 valence electrons. The maximum atomic E-state index is 5.62. The number of hydrogen-bond donors (Lipinski definition) is 0. The van der Waals surface area contributed by atoms with Gasteiger partial charge in [-0.2, -0.15) is 0 Å². The smallest absolute Gasteiger partial charge is 0.335 e. The predicted molar refractivity (Wildman–Crippen MR) is 104 cm³/mol. The summed E-state index contributed by atoms with van der Waals surface area (Å²) in [5.41, 5.74) is 0. The molecule has 0 radical (unpaired) electrons. The fourth-order valence-corrected chi connectivity index (χ4v) is 11.9. The van der Waals surface area contributed by atoms with Gasteiger partial charge in [-0.3, -0.25) is 0 Å². The molecule has 0 rings (SSSR count). The minimum atomic E-state index is -1.60. The maximum absolute atomic E-state index is 5.62. The monoisotopic (exact) mass is 386 g/mol. The summed E-state index contributed by atoms with van der Waals surface area (Å²) in [5, 5.41) is 0. The quantitative estimate of drug-likeness (QED) is 0.316. The van der Waals surface area contributed by atoms with Gasteiger partial charge in [-0.25, -0.2) is 0 Å². The SMILES string of the molecule is CCCCC(SSC(CCCC)[SiH](OC)OC)[SiH](OC)OC. The van der Waals surface area contributed by atoms with Crippen molar-refractivity contribution in [2.75, 3.05) is 28.4 Å². The van der Waals surface area contributed by atoms with Crippen LogP contribution in [-0.4, -0.2) is 56.8 Å². The molecule has 0 bridgehead atoms. The van der Waals surface area contributed by atoms with Gasteiger partial charge in [0.15, 0.2) is 0 Å². The number of rotatable bonds is 15. The molecule has 0 aliphatic carbocycles. The van der Waals surface area contributed by atoms with E-state index in [1.807, 2.05) is 21.6 Å². The fraction of sp³-hybridized carbons (Fsp3) is 1.00. The predicted octanol–water partition coefficient (Wildman–Crippen LogP) is 3.59. The molecule has 22 heavy (non-hydrogen) atoms. The van der Waals surface area contributed by atoms with E-state index in [0.717, 1.165) is 0 Å². The van der Waals surface area contributed by atoms with Crippen LogP contribution >= 0.6 is 21.6 Å². The van der Waals surface area contributed by atoms with Crippen molar-refractivity contribution in [1.82, 2.24) is 0 Å². The standard InChI is InChI=1S/C14H34O4S2Si2/c1-7-9-11-13(21(15-3)16-4)19-20-14(12-10-8-2)22(17-5)18-6/h13-14,21-22H,7-12H2,1-6H3. The van der Waals surface area contributed by atoms with Gasteiger partial charge in [0.05, 0.1) is 9.75 Å². The molecule has 0 aliphatic rings. The highest BCUT2D eigenvalue weighted by Gasteiger charge is 2.30. The van der Waals surface area contributed by atoms with Crippen molar-refractivity contribution in [3.63, 3.8) is 0 Å². The average Bonchev–Trinajstić information content (AvgIpc) is 2.55. The molecular formula is C14H34O4S2Si2. The summed E-state index contributed by atoms with van der Waals surface area (Å²) in [7, 11) is 7.80. The Morgan fingerprint density at radius 2 is 1.00 bits per heavy atom. The second-order valence-corrected chi connectivity index (χ2v) is 13.9. The Bertz CT molecular complexity index is 221. The van der Waals surface area contributed by atoms with Crippen LogP contribution in [-0.2, 0) is 17.7 Å². The normalized spacial score (nSPS) is 14.7. The van der Waals surface area contributed by atoms with Crippen LogP contribution in [0.15, 0.2) is 0 Å². The summed E-state index contributed by atoms with van der Waals surface area (Å²) in [4.78, 5) is 0.958. The van der Waals surface area contributed by atoms with Crippen LogP contribution in [0.3, 0.4) is 0 Å². The summed E-state index contributed by atoms with van der Waals surface area (Å²) in [6.07, 6.45) is 7.21. The van der Waals surface area contributed by atoms with Gasteiger partial charge in [0.1, 0.15) is 0 Å². The summed E-state index contributed by atoms with van der Waals surface area (Å²) < 4.78 is 22.5. The molecule has 0 N–H and O–H groups in total. The lowest BCUT2D eigenvalue weighted by atomic mass is 10.3. The molecule has 2 atom stereocenters. The van der Waals surface area contributed by atoms with Gasteiger partial charge in [-0.15, -0.1) is 0 Å². The lowest BCUT2D eigenvalue weighted by molar-refractivity contribution is 0.273. The molecule has 0 aromatic rings. The molecule has 2 unspecified atom stereocenters. The zero-order valence-corrected chi connectivity index (χ0v) is 18.9. The first kappa shape index (κ1) is 23.0. The molecule has 4 nitrogen and oxygen atoms in total. The minimum Gasteiger partial charge on any atom is -0.399 e. The molecule has 0 heterocycles. The molecular weight excluding hydrogens is 352 g/mol. The van der Waals surface area contributed by atoms with Crippen LogP contribution in [0.2, 0.25) is 0 Å². The Morgan fingerprint density at radius 1 is 0.682 bits per heavy atom. The highest BCUT2D eigenvalue weighted by molar-refractivity contribution is 8.77. The van der Waals surface area contributed by atoms with E-state index in [4.69, 9.17) is 17.7 Å². The first-order valence-electron chi connectivity index (χ1n) is 8.11. The third kappa shape index (κ3) is 9.31. The van der Waals surface area contributed by atoms with E-state index < -0.39 is 18.6 Å². The first-order valence-corrected chi connectivity index (χ1v) is 13.6. The molecule has 0 aliphatic heterocycles. The molecule has 0 saturated carbocycles. The summed E-state index contributed by atoms with van der Waals surface area (Å²) in [5.74, 6) is 0. The molecule has 0 aromatic heterocycles. The summed E-state index contributed by atoms with van der Waals surface area (Å²) in [6.45, 7) is 4.46. The largest absolute Gasteiger partial charge is 0.399 e. The van der Waals surface area contributed by atoms with Crippen molar-refractivity contribution in [2.45, 2.75) is 62.1 Å². The van der Waals surface area contributed by atoms with E-state index in [1.54, 1.807) is 28.4 Å². The van der Waals surface area contributed by atoms with Crippen LogP contribution in [0.25, 0.3) is 0 Å². The van der Waals surface area contributed by atoms with Crippen molar-refractivity contribution in [3.05, 3.63) is 0 Å². The third-order valence-electron chi connectivity index (χ3n) is 3.52. The molecule has 0 spiro atoms. The van der Waals surface area contributed by atoms with Crippen molar-refractivity contribution in [3.8, 4) is 0 Å². The van der Waals surface area contributed by atoms with E-state index in [9.17, 15) is 0 Å². The Balaban J connectivity index is 4.62. The van der Waals surface area contributed by atoms with Gasteiger partial charge in [-0.1, -0.05) is 61.1 Å². The van der Waals surface area contributed by atoms with Gasteiger partial charge in [-0.05, 0) is 12.8 Å². The highest BCUT2D eigenvalue weighted by atomic mass is 33.1. The number of unbranched alkanes of at least 4 members (excludes halogenated alkanes) is 2. The lowest BCUT2D eigenvalue weighted by Crippen LogP contribution is -2.35. The lowest BCUT2D eigenvalue weighted by Gasteiger charge is -2.26. The Morgan fingerprint density at radius 3 is 1.23 bits per heavy atom. The van der Waals surface area contributed by atoms with Gasteiger partial charge < -0.3 is 17.7 Å². The van der Waals surface area contributed by atoms with E-state index in [-0.39, 0.29) is 0 Å². The Labute approximate surface area is 148 Å². The van der Waals surface area contributed by atoms with Crippen molar-refractivity contribution >= 4 is 40.2 Å². The Hall–Kier alpha value is 0.974. The van der Waals surface area contributed by atoms with Gasteiger partial charge in [0, 0.05) is 28.4 Å². The minimum absolute atomic E-state index is 0.479. The van der Waals surface area contributed by atoms with E-state index in [2.05, 4.69) is 13.8 Å². The summed E-state index contributed by atoms with van der Waals surface area (Å²) >= 11 is 0. The van der Waals surface area contributed by atoms with Crippen molar-refractivity contribution in [2.24, 2.45) is 0 Å². The second-order valence-electron chi connectivity index (χ2n) is 5.23. The molecule has 0 aromatic carbocycles. The molecule has 0 saturated heterocycles. The zero-order valence-electron chi connectivity index (χ0n) is 15.0. The topological polar surface area (TPSA) is 36.9 Å². The van der Waals surface area contributed by atoms with Crippen molar-refractivity contribution in [1.29, 1.82) is 0 Å². The molecule has 8 heteroatoms. The molecule has 0 amide bonds. The van der Waals surface area contributed by atoms with E-state index in [0.29, 0.717) is 9.75 Å². The average molecular weight is 387 g/mol. The van der Waals surface area contributed by atoms with Crippen LogP contribution in [0.4, 0.5) is 0 Å². The number of hydrogen-bond acceptors (Lipinski definition) is 6. The zero-order chi connectivity index (χ0) is 16.8. The first-order chi connectivity index (χ1) is 10.7. The maximum Gasteiger partial charge on any atom is 0.335 e. The van der Waals surface area contributed by atoms with Crippen molar-refractivity contribution < 1.29 is 17.7 Å². The van der Waals surface area contributed by atoms with Crippen LogP contribution < -0.4 is 0 Å². The highest BCUT2D eigenvalue weighted by Crippen LogP contribution is 2.38. The van der Waals surface area contributed by atoms with Gasteiger partial charge in [0.25, 0.3) is 0 Å². The van der Waals surface area contributed by atoms with Crippen LogP contribution in [0.1, 0.15) is 52.4 Å². The fourth-order valence-electron chi connectivity index (χ4n) is 2.21. The summed E-state index contributed by atoms with van der Waals surface area (Å²) in [6, 6.07) is 0. The van der Waals surface area contributed by atoms with E-state index in [1.165, 1.54) is 38.5 Å². The van der Waals surface area contributed by atoms with Gasteiger partial charge >= 0.3 is 18.6 Å².